The molecular weight excluding hydrogens is 218 g/mol. The van der Waals surface area contributed by atoms with Gasteiger partial charge in [-0.25, -0.2) is 0 Å². The summed E-state index contributed by atoms with van der Waals surface area (Å²) in [6.45, 7) is 0.631. The quantitative estimate of drug-likeness (QED) is 0.649. The first-order valence-corrected chi connectivity index (χ1v) is 6.13. The molecule has 4 N–H and O–H groups in total. The molecule has 0 aromatic carbocycles. The molecule has 2 aliphatic rings. The molecule has 2 rings (SSSR count). The first-order valence-electron chi connectivity index (χ1n) is 6.13. The molecule has 1 fully saturated rings. The van der Waals surface area contributed by atoms with Crippen molar-refractivity contribution < 1.29 is 9.59 Å². The number of nitrogens with zero attached hydrogens (tertiary/aromatic N) is 1. The first kappa shape index (κ1) is 12.1. The summed E-state index contributed by atoms with van der Waals surface area (Å²) < 4.78 is 0. The Labute approximate surface area is 101 Å². The summed E-state index contributed by atoms with van der Waals surface area (Å²) in [4.78, 5) is 25.2. The maximum absolute atomic E-state index is 12.3. The molecule has 5 nitrogen and oxygen atoms in total. The van der Waals surface area contributed by atoms with Crippen LogP contribution in [0.4, 0.5) is 0 Å². The number of hydrogen-bond donors (Lipinski definition) is 2. The average Bonchev–Trinajstić information content (AvgIpc) is 2.75. The van der Waals surface area contributed by atoms with Gasteiger partial charge in [0.1, 0.15) is 6.04 Å². The van der Waals surface area contributed by atoms with Crippen LogP contribution in [0.15, 0.2) is 12.2 Å². The highest BCUT2D eigenvalue weighted by molar-refractivity contribution is 5.88. The number of rotatable bonds is 2. The topological polar surface area (TPSA) is 89.4 Å². The second-order valence-electron chi connectivity index (χ2n) is 4.84. The Morgan fingerprint density at radius 3 is 2.59 bits per heavy atom. The van der Waals surface area contributed by atoms with Crippen molar-refractivity contribution in [1.29, 1.82) is 0 Å². The van der Waals surface area contributed by atoms with E-state index in [2.05, 4.69) is 0 Å². The van der Waals surface area contributed by atoms with Gasteiger partial charge in [0, 0.05) is 12.6 Å². The van der Waals surface area contributed by atoms with Gasteiger partial charge in [-0.1, -0.05) is 12.2 Å². The highest BCUT2D eigenvalue weighted by Crippen LogP contribution is 2.24. The Morgan fingerprint density at radius 2 is 2.00 bits per heavy atom. The fourth-order valence-corrected chi connectivity index (χ4v) is 2.61. The molecule has 1 aliphatic heterocycles. The molecule has 0 saturated carbocycles. The van der Waals surface area contributed by atoms with Crippen molar-refractivity contribution in [2.45, 2.75) is 37.8 Å². The average molecular weight is 237 g/mol. The van der Waals surface area contributed by atoms with Crippen molar-refractivity contribution in [3.8, 4) is 0 Å². The SMILES string of the molecule is NC(=O)C1CCCCN1C(=O)C1C=CC(N)C1. The number of amides is 2. The number of nitrogens with two attached hydrogens (primary N) is 2. The van der Waals surface area contributed by atoms with Gasteiger partial charge >= 0.3 is 0 Å². The van der Waals surface area contributed by atoms with E-state index in [1.165, 1.54) is 0 Å². The van der Waals surface area contributed by atoms with Gasteiger partial charge in [0.2, 0.25) is 11.8 Å². The molecule has 1 heterocycles. The largest absolute Gasteiger partial charge is 0.368 e. The number of carbonyl (C=O) groups excluding carboxylic acids is 2. The van der Waals surface area contributed by atoms with Crippen molar-refractivity contribution in [3.63, 3.8) is 0 Å². The number of likely N-dealkylation sites (tertiary alicyclic amines) is 1. The summed E-state index contributed by atoms with van der Waals surface area (Å²) in [6.07, 6.45) is 6.92. The normalized spacial score (nSPS) is 32.8. The van der Waals surface area contributed by atoms with Crippen LogP contribution in [0.1, 0.15) is 25.7 Å². The third-order valence-corrected chi connectivity index (χ3v) is 3.55. The highest BCUT2D eigenvalue weighted by Gasteiger charge is 2.35. The van der Waals surface area contributed by atoms with E-state index >= 15 is 0 Å². The van der Waals surface area contributed by atoms with Crippen LogP contribution in [0.25, 0.3) is 0 Å². The summed E-state index contributed by atoms with van der Waals surface area (Å²) in [6, 6.07) is -0.470. The first-order chi connectivity index (χ1) is 8.09. The van der Waals surface area contributed by atoms with E-state index in [9.17, 15) is 9.59 Å². The van der Waals surface area contributed by atoms with Crippen LogP contribution in [0.3, 0.4) is 0 Å². The highest BCUT2D eigenvalue weighted by atomic mass is 16.2. The van der Waals surface area contributed by atoms with E-state index in [-0.39, 0.29) is 17.9 Å². The van der Waals surface area contributed by atoms with E-state index in [0.717, 1.165) is 12.8 Å². The van der Waals surface area contributed by atoms with Crippen molar-refractivity contribution in [1.82, 2.24) is 4.90 Å². The second-order valence-corrected chi connectivity index (χ2v) is 4.84. The molecule has 0 aromatic rings. The maximum atomic E-state index is 12.3. The lowest BCUT2D eigenvalue weighted by Gasteiger charge is -2.35. The molecule has 3 unspecified atom stereocenters. The standard InChI is InChI=1S/C12H19N3O2/c13-9-5-4-8(7-9)12(17)15-6-2-1-3-10(15)11(14)16/h4-5,8-10H,1-3,6-7,13H2,(H2,14,16). The molecule has 2 amide bonds. The molecule has 1 saturated heterocycles. The van der Waals surface area contributed by atoms with E-state index in [0.29, 0.717) is 19.4 Å². The number of primary amides is 1. The van der Waals surface area contributed by atoms with Crippen LogP contribution >= 0.6 is 0 Å². The van der Waals surface area contributed by atoms with Crippen molar-refractivity contribution in [3.05, 3.63) is 12.2 Å². The van der Waals surface area contributed by atoms with E-state index in [4.69, 9.17) is 11.5 Å². The second kappa shape index (κ2) is 4.87. The minimum atomic E-state index is -0.429. The Balaban J connectivity index is 2.06. The molecule has 1 aliphatic carbocycles. The fourth-order valence-electron chi connectivity index (χ4n) is 2.61. The molecule has 0 spiro atoms. The zero-order valence-corrected chi connectivity index (χ0v) is 9.84. The van der Waals surface area contributed by atoms with Crippen LogP contribution in [0.2, 0.25) is 0 Å². The van der Waals surface area contributed by atoms with Gasteiger partial charge in [-0.05, 0) is 25.7 Å². The lowest BCUT2D eigenvalue weighted by Crippen LogP contribution is -2.52. The summed E-state index contributed by atoms with van der Waals surface area (Å²) >= 11 is 0. The van der Waals surface area contributed by atoms with Crippen LogP contribution < -0.4 is 11.5 Å². The monoisotopic (exact) mass is 237 g/mol. The molecule has 0 aromatic heterocycles. The van der Waals surface area contributed by atoms with Gasteiger partial charge in [0.25, 0.3) is 0 Å². The third kappa shape index (κ3) is 2.49. The van der Waals surface area contributed by atoms with Crippen LogP contribution in [-0.2, 0) is 9.59 Å². The zero-order chi connectivity index (χ0) is 12.4. The Bertz CT molecular complexity index is 354. The fraction of sp³-hybridized carbons (Fsp3) is 0.667. The smallest absolute Gasteiger partial charge is 0.240 e. The molecule has 94 valence electrons. The minimum Gasteiger partial charge on any atom is -0.368 e. The minimum absolute atomic E-state index is 0.00213. The summed E-state index contributed by atoms with van der Waals surface area (Å²) in [7, 11) is 0. The van der Waals surface area contributed by atoms with E-state index in [1.54, 1.807) is 4.90 Å². The van der Waals surface area contributed by atoms with Gasteiger partial charge in [0.05, 0.1) is 5.92 Å². The van der Waals surface area contributed by atoms with E-state index < -0.39 is 11.9 Å². The number of carbonyl (C=O) groups is 2. The predicted octanol–water partition coefficient (Wildman–Crippen LogP) is -0.244. The number of piperidine rings is 1. The number of hydrogen-bond acceptors (Lipinski definition) is 3. The molecular formula is C12H19N3O2. The molecule has 5 heteroatoms. The third-order valence-electron chi connectivity index (χ3n) is 3.55. The lowest BCUT2D eigenvalue weighted by atomic mass is 9.98. The molecule has 17 heavy (non-hydrogen) atoms. The summed E-state index contributed by atoms with van der Waals surface area (Å²) in [5, 5.41) is 0. The molecule has 0 bridgehead atoms. The zero-order valence-electron chi connectivity index (χ0n) is 9.84. The molecule has 0 radical (unpaired) electrons. The van der Waals surface area contributed by atoms with Gasteiger partial charge in [-0.3, -0.25) is 9.59 Å². The van der Waals surface area contributed by atoms with Gasteiger partial charge in [-0.15, -0.1) is 0 Å². The predicted molar refractivity (Wildman–Crippen MR) is 63.8 cm³/mol. The summed E-state index contributed by atoms with van der Waals surface area (Å²) in [5.74, 6) is -0.577. The Morgan fingerprint density at radius 1 is 1.24 bits per heavy atom. The lowest BCUT2D eigenvalue weighted by molar-refractivity contribution is -0.143. The van der Waals surface area contributed by atoms with Crippen molar-refractivity contribution in [2.75, 3.05) is 6.54 Å². The van der Waals surface area contributed by atoms with Crippen LogP contribution in [0.5, 0.6) is 0 Å². The van der Waals surface area contributed by atoms with Crippen LogP contribution in [0, 0.1) is 5.92 Å². The van der Waals surface area contributed by atoms with Crippen molar-refractivity contribution >= 4 is 11.8 Å². The summed E-state index contributed by atoms with van der Waals surface area (Å²) in [5.41, 5.74) is 11.1. The van der Waals surface area contributed by atoms with Crippen molar-refractivity contribution in [2.24, 2.45) is 17.4 Å². The van der Waals surface area contributed by atoms with E-state index in [1.807, 2.05) is 12.2 Å². The van der Waals surface area contributed by atoms with Gasteiger partial charge in [0.15, 0.2) is 0 Å². The van der Waals surface area contributed by atoms with Crippen LogP contribution in [-0.4, -0.2) is 35.3 Å². The van der Waals surface area contributed by atoms with Gasteiger partial charge in [-0.2, -0.15) is 0 Å². The molecule has 3 atom stereocenters. The Kier molecular flexibility index (Phi) is 3.47. The maximum Gasteiger partial charge on any atom is 0.240 e. The van der Waals surface area contributed by atoms with Gasteiger partial charge < -0.3 is 16.4 Å². The Hall–Kier alpha value is -1.36.